The third kappa shape index (κ3) is 3.95. The molecule has 2 heterocycles. The number of rotatable bonds is 5. The predicted molar refractivity (Wildman–Crippen MR) is 105 cm³/mol. The van der Waals surface area contributed by atoms with Gasteiger partial charge in [0.25, 0.3) is 5.91 Å². The first-order chi connectivity index (χ1) is 12.9. The largest absolute Gasteiger partial charge is 0.507 e. The number of hydrogen-bond donors (Lipinski definition) is 4. The molecule has 0 atom stereocenters. The molecule has 27 heavy (non-hydrogen) atoms. The lowest BCUT2D eigenvalue weighted by Gasteiger charge is -2.14. The first-order valence-electron chi connectivity index (χ1n) is 8.13. The minimum Gasteiger partial charge on any atom is -0.507 e. The van der Waals surface area contributed by atoms with Gasteiger partial charge in [-0.15, -0.1) is 0 Å². The molecule has 0 aliphatic heterocycles. The molecule has 0 bridgehead atoms. The molecule has 0 fully saturated rings. The average molecular weight is 387 g/mol. The van der Waals surface area contributed by atoms with Crippen LogP contribution in [0.1, 0.15) is 16.1 Å². The smallest absolute Gasteiger partial charge is 0.256 e. The van der Waals surface area contributed by atoms with Crippen molar-refractivity contribution in [3.8, 4) is 5.75 Å². The summed E-state index contributed by atoms with van der Waals surface area (Å²) in [6.45, 7) is 1.89. The number of carbonyl (C=O) groups is 1. The third-order valence-corrected chi connectivity index (χ3v) is 4.20. The van der Waals surface area contributed by atoms with E-state index in [1.54, 1.807) is 22.9 Å². The number of aryl methyl sites for hydroxylation is 2. The van der Waals surface area contributed by atoms with Gasteiger partial charge in [0.1, 0.15) is 17.1 Å². The van der Waals surface area contributed by atoms with Crippen molar-refractivity contribution < 1.29 is 9.90 Å². The molecule has 0 radical (unpaired) electrons. The molecule has 2 aromatic heterocycles. The van der Waals surface area contributed by atoms with Crippen molar-refractivity contribution in [2.45, 2.75) is 6.92 Å². The number of anilines is 4. The van der Waals surface area contributed by atoms with Crippen LogP contribution in [-0.4, -0.2) is 32.8 Å². The fraction of sp³-hybridized carbons (Fsp3) is 0.167. The molecule has 4 N–H and O–H groups in total. The van der Waals surface area contributed by atoms with E-state index in [1.165, 1.54) is 19.3 Å². The quantitative estimate of drug-likeness (QED) is 0.536. The van der Waals surface area contributed by atoms with Crippen LogP contribution in [0.5, 0.6) is 5.75 Å². The molecular formula is C18H19ClN6O2. The summed E-state index contributed by atoms with van der Waals surface area (Å²) in [5, 5.41) is 23.5. The number of halogens is 1. The molecule has 0 spiro atoms. The van der Waals surface area contributed by atoms with Crippen LogP contribution in [0.4, 0.5) is 22.9 Å². The Hall–Kier alpha value is -3.26. The zero-order valence-electron chi connectivity index (χ0n) is 15.0. The van der Waals surface area contributed by atoms with Gasteiger partial charge >= 0.3 is 0 Å². The van der Waals surface area contributed by atoms with Crippen molar-refractivity contribution in [3.63, 3.8) is 0 Å². The second-order valence-corrected chi connectivity index (χ2v) is 6.29. The number of benzene rings is 1. The highest BCUT2D eigenvalue weighted by Gasteiger charge is 2.16. The summed E-state index contributed by atoms with van der Waals surface area (Å²) in [7, 11) is 3.33. The van der Waals surface area contributed by atoms with Gasteiger partial charge in [0.2, 0.25) is 0 Å². The highest BCUT2D eigenvalue weighted by Crippen LogP contribution is 2.32. The van der Waals surface area contributed by atoms with Crippen LogP contribution in [0, 0.1) is 6.92 Å². The molecule has 1 amide bonds. The average Bonchev–Trinajstić information content (AvgIpc) is 2.94. The van der Waals surface area contributed by atoms with E-state index in [4.69, 9.17) is 11.6 Å². The van der Waals surface area contributed by atoms with Crippen LogP contribution < -0.4 is 16.0 Å². The van der Waals surface area contributed by atoms with Crippen LogP contribution >= 0.6 is 11.6 Å². The first-order valence-corrected chi connectivity index (χ1v) is 8.50. The first kappa shape index (κ1) is 18.5. The van der Waals surface area contributed by atoms with Crippen LogP contribution in [0.2, 0.25) is 5.02 Å². The molecule has 3 aromatic rings. The molecule has 8 nitrogen and oxygen atoms in total. The minimum atomic E-state index is -0.412. The number of carbonyl (C=O) groups excluding carboxylic acids is 1. The fourth-order valence-corrected chi connectivity index (χ4v) is 2.77. The lowest BCUT2D eigenvalue weighted by molar-refractivity contribution is 0.0961. The van der Waals surface area contributed by atoms with Gasteiger partial charge < -0.3 is 21.1 Å². The number of phenolic OH excluding ortho intramolecular Hbond substituents is 1. The van der Waals surface area contributed by atoms with Gasteiger partial charge in [-0.1, -0.05) is 17.7 Å². The van der Waals surface area contributed by atoms with Crippen molar-refractivity contribution >= 4 is 40.4 Å². The Bertz CT molecular complexity index is 1000. The monoisotopic (exact) mass is 386 g/mol. The Morgan fingerprint density at radius 3 is 2.67 bits per heavy atom. The van der Waals surface area contributed by atoms with Crippen molar-refractivity contribution in [3.05, 3.63) is 52.9 Å². The standard InChI is InChI=1S/C18H19ClN6O2/c1-10-14(9-25(3)24-10)23-16-7-13(11(19)8-21-16)22-12-5-4-6-15(26)17(12)18(27)20-2/h4-9,26H,1-3H3,(H,20,27)(H2,21,22,23). The van der Waals surface area contributed by atoms with Crippen molar-refractivity contribution in [1.82, 2.24) is 20.1 Å². The van der Waals surface area contributed by atoms with E-state index in [9.17, 15) is 9.90 Å². The number of pyridine rings is 1. The predicted octanol–water partition coefficient (Wildman–Crippen LogP) is 3.33. The number of aromatic nitrogens is 3. The molecule has 9 heteroatoms. The van der Waals surface area contributed by atoms with Gasteiger partial charge in [-0.05, 0) is 19.1 Å². The molecule has 0 aliphatic carbocycles. The van der Waals surface area contributed by atoms with E-state index in [2.05, 4.69) is 26.0 Å². The maximum absolute atomic E-state index is 12.1. The van der Waals surface area contributed by atoms with E-state index in [0.29, 0.717) is 22.2 Å². The highest BCUT2D eigenvalue weighted by atomic mass is 35.5. The Balaban J connectivity index is 1.93. The third-order valence-electron chi connectivity index (χ3n) is 3.90. The van der Waals surface area contributed by atoms with Crippen molar-refractivity contribution in [2.75, 3.05) is 17.7 Å². The van der Waals surface area contributed by atoms with Gasteiger partial charge in [-0.3, -0.25) is 9.48 Å². The molecule has 0 saturated carbocycles. The number of hydrogen-bond acceptors (Lipinski definition) is 6. The molecule has 0 saturated heterocycles. The molecule has 140 valence electrons. The van der Waals surface area contributed by atoms with Crippen molar-refractivity contribution in [2.24, 2.45) is 7.05 Å². The number of aromatic hydroxyl groups is 1. The lowest BCUT2D eigenvalue weighted by Crippen LogP contribution is -2.19. The van der Waals surface area contributed by atoms with Gasteiger partial charge in [0.15, 0.2) is 0 Å². The number of nitrogens with one attached hydrogen (secondary N) is 3. The zero-order chi connectivity index (χ0) is 19.6. The van der Waals surface area contributed by atoms with E-state index in [-0.39, 0.29) is 11.3 Å². The molecule has 0 unspecified atom stereocenters. The van der Waals surface area contributed by atoms with Crippen LogP contribution in [-0.2, 0) is 7.05 Å². The fourth-order valence-electron chi connectivity index (χ4n) is 2.62. The molecule has 0 aliphatic rings. The second-order valence-electron chi connectivity index (χ2n) is 5.88. The summed E-state index contributed by atoms with van der Waals surface area (Å²) < 4.78 is 1.70. The summed E-state index contributed by atoms with van der Waals surface area (Å²) in [4.78, 5) is 16.4. The number of amides is 1. The van der Waals surface area contributed by atoms with Crippen molar-refractivity contribution in [1.29, 1.82) is 0 Å². The highest BCUT2D eigenvalue weighted by molar-refractivity contribution is 6.33. The topological polar surface area (TPSA) is 104 Å². The van der Waals surface area contributed by atoms with E-state index in [1.807, 2.05) is 20.2 Å². The van der Waals surface area contributed by atoms with E-state index in [0.717, 1.165) is 11.4 Å². The minimum absolute atomic E-state index is 0.130. The van der Waals surface area contributed by atoms with Crippen LogP contribution in [0.25, 0.3) is 0 Å². The summed E-state index contributed by atoms with van der Waals surface area (Å²) in [6.07, 6.45) is 3.35. The van der Waals surface area contributed by atoms with Gasteiger partial charge in [0, 0.05) is 26.4 Å². The van der Waals surface area contributed by atoms with Crippen LogP contribution in [0.15, 0.2) is 36.7 Å². The van der Waals surface area contributed by atoms with E-state index < -0.39 is 5.91 Å². The molecular weight excluding hydrogens is 368 g/mol. The normalized spacial score (nSPS) is 10.5. The molecule has 3 rings (SSSR count). The summed E-state index contributed by atoms with van der Waals surface area (Å²) in [5.74, 6) is 0.0126. The Morgan fingerprint density at radius 1 is 1.22 bits per heavy atom. The number of nitrogens with zero attached hydrogens (tertiary/aromatic N) is 3. The summed E-state index contributed by atoms with van der Waals surface area (Å²) in [6, 6.07) is 6.48. The zero-order valence-corrected chi connectivity index (χ0v) is 15.8. The van der Waals surface area contributed by atoms with Crippen LogP contribution in [0.3, 0.4) is 0 Å². The van der Waals surface area contributed by atoms with Gasteiger partial charge in [-0.2, -0.15) is 5.10 Å². The van der Waals surface area contributed by atoms with Gasteiger partial charge in [-0.25, -0.2) is 4.98 Å². The summed E-state index contributed by atoms with van der Waals surface area (Å²) >= 11 is 6.26. The maximum atomic E-state index is 12.1. The Kier molecular flexibility index (Phi) is 5.18. The SMILES string of the molecule is CNC(=O)c1c(O)cccc1Nc1cc(Nc2cn(C)nc2C)ncc1Cl. The Labute approximate surface area is 161 Å². The Morgan fingerprint density at radius 2 is 2.00 bits per heavy atom. The number of phenols is 1. The second kappa shape index (κ2) is 7.55. The molecule has 1 aromatic carbocycles. The van der Waals surface area contributed by atoms with Gasteiger partial charge in [0.05, 0.1) is 34.0 Å². The van der Waals surface area contributed by atoms with E-state index >= 15 is 0 Å². The summed E-state index contributed by atoms with van der Waals surface area (Å²) in [5.41, 5.74) is 2.74. The maximum Gasteiger partial charge on any atom is 0.256 e. The lowest BCUT2D eigenvalue weighted by atomic mass is 10.1.